The highest BCUT2D eigenvalue weighted by Gasteiger charge is 2.17. The topological polar surface area (TPSA) is 26.3 Å². The Hall–Kier alpha value is -3.13. The number of carbonyl (C=O) groups excluding carboxylic acids is 1. The highest BCUT2D eigenvalue weighted by molar-refractivity contribution is 5.97. The summed E-state index contributed by atoms with van der Waals surface area (Å²) in [6, 6.07) is 24.4. The van der Waals surface area contributed by atoms with Gasteiger partial charge >= 0.3 is 5.97 Å². The summed E-state index contributed by atoms with van der Waals surface area (Å²) in [7, 11) is 1.43. The molecule has 0 atom stereocenters. The third kappa shape index (κ3) is 3.92. The Labute approximate surface area is 154 Å². The van der Waals surface area contributed by atoms with E-state index in [9.17, 15) is 4.79 Å². The molecule has 3 aromatic rings. The summed E-state index contributed by atoms with van der Waals surface area (Å²) in [5, 5.41) is 0. The molecule has 0 saturated carbocycles. The number of aryl methyl sites for hydroxylation is 1. The number of hydrogen-bond acceptors (Lipinski definition) is 2. The molecule has 0 N–H and O–H groups in total. The van der Waals surface area contributed by atoms with Crippen LogP contribution in [0.3, 0.4) is 0 Å². The number of carbonyl (C=O) groups is 1. The summed E-state index contributed by atoms with van der Waals surface area (Å²) >= 11 is 0. The quantitative estimate of drug-likeness (QED) is 0.428. The maximum atomic E-state index is 12.4. The minimum Gasteiger partial charge on any atom is -0.465 e. The molecule has 0 amide bonds. The summed E-state index contributed by atoms with van der Waals surface area (Å²) in [5.74, 6) is -0.297. The molecule has 0 aliphatic heterocycles. The first-order valence-electron chi connectivity index (χ1n) is 8.76. The molecule has 0 saturated heterocycles. The monoisotopic (exact) mass is 342 g/mol. The molecule has 0 fully saturated rings. The van der Waals surface area contributed by atoms with E-state index in [0.717, 1.165) is 34.2 Å². The van der Waals surface area contributed by atoms with Gasteiger partial charge in [-0.2, -0.15) is 0 Å². The predicted molar refractivity (Wildman–Crippen MR) is 108 cm³/mol. The minimum atomic E-state index is -0.297. The average molecular weight is 342 g/mol. The molecular formula is C24H22O2. The molecule has 0 radical (unpaired) electrons. The maximum Gasteiger partial charge on any atom is 0.338 e. The lowest BCUT2D eigenvalue weighted by Gasteiger charge is -2.13. The Morgan fingerprint density at radius 2 is 1.54 bits per heavy atom. The van der Waals surface area contributed by atoms with Crippen molar-refractivity contribution in [2.75, 3.05) is 7.11 Å². The summed E-state index contributed by atoms with van der Waals surface area (Å²) in [6.07, 6.45) is 4.78. The third-order valence-electron chi connectivity index (χ3n) is 4.38. The second-order valence-corrected chi connectivity index (χ2v) is 6.05. The van der Waals surface area contributed by atoms with Crippen molar-refractivity contribution in [1.82, 2.24) is 0 Å². The Morgan fingerprint density at radius 1 is 0.885 bits per heavy atom. The molecule has 0 aromatic heterocycles. The molecule has 0 aliphatic carbocycles. The molecule has 3 aromatic carbocycles. The molecular weight excluding hydrogens is 320 g/mol. The number of hydrogen-bond donors (Lipinski definition) is 0. The molecule has 3 rings (SSSR count). The summed E-state index contributed by atoms with van der Waals surface area (Å²) in [5.41, 5.74) is 5.83. The first-order valence-corrected chi connectivity index (χ1v) is 8.76. The van der Waals surface area contributed by atoms with Gasteiger partial charge in [-0.25, -0.2) is 4.79 Å². The highest BCUT2D eigenvalue weighted by atomic mass is 16.5. The largest absolute Gasteiger partial charge is 0.465 e. The van der Waals surface area contributed by atoms with Gasteiger partial charge in [-0.1, -0.05) is 85.8 Å². The van der Waals surface area contributed by atoms with E-state index in [1.807, 2.05) is 60.7 Å². The number of rotatable bonds is 5. The number of esters is 1. The van der Waals surface area contributed by atoms with E-state index in [4.69, 9.17) is 4.74 Å². The van der Waals surface area contributed by atoms with E-state index in [1.54, 1.807) is 0 Å². The third-order valence-corrected chi connectivity index (χ3v) is 4.38. The zero-order valence-electron chi connectivity index (χ0n) is 15.1. The van der Waals surface area contributed by atoms with Crippen molar-refractivity contribution in [3.8, 4) is 11.1 Å². The van der Waals surface area contributed by atoms with Crippen LogP contribution in [0.2, 0.25) is 0 Å². The van der Waals surface area contributed by atoms with Crippen molar-refractivity contribution in [2.45, 2.75) is 13.3 Å². The van der Waals surface area contributed by atoms with Crippen LogP contribution >= 0.6 is 0 Å². The molecule has 0 unspecified atom stereocenters. The van der Waals surface area contributed by atoms with Gasteiger partial charge in [0.25, 0.3) is 0 Å². The lowest BCUT2D eigenvalue weighted by Crippen LogP contribution is -2.08. The van der Waals surface area contributed by atoms with E-state index in [2.05, 4.69) is 31.2 Å². The first kappa shape index (κ1) is 17.7. The fourth-order valence-corrected chi connectivity index (χ4v) is 3.04. The zero-order valence-corrected chi connectivity index (χ0v) is 15.1. The predicted octanol–water partition coefficient (Wildman–Crippen LogP) is 5.87. The van der Waals surface area contributed by atoms with E-state index in [-0.39, 0.29) is 5.97 Å². The molecule has 130 valence electrons. The molecule has 2 nitrogen and oxygen atoms in total. The smallest absolute Gasteiger partial charge is 0.338 e. The van der Waals surface area contributed by atoms with Crippen molar-refractivity contribution < 1.29 is 9.53 Å². The maximum absolute atomic E-state index is 12.4. The molecule has 2 heteroatoms. The van der Waals surface area contributed by atoms with Gasteiger partial charge in [0.1, 0.15) is 0 Å². The van der Waals surface area contributed by atoms with Gasteiger partial charge in [-0.05, 0) is 40.3 Å². The Balaban J connectivity index is 2.15. The fraction of sp³-hybridized carbons (Fsp3) is 0.125. The number of methoxy groups -OCH3 is 1. The minimum absolute atomic E-state index is 0.297. The van der Waals surface area contributed by atoms with E-state index >= 15 is 0 Å². The SMILES string of the molecule is CCc1cc(-c2ccccc2)cc(/C=C/c2ccccc2)c1C(=O)OC. The van der Waals surface area contributed by atoms with Crippen LogP contribution in [0.5, 0.6) is 0 Å². The summed E-state index contributed by atoms with van der Waals surface area (Å²) in [4.78, 5) is 12.4. The van der Waals surface area contributed by atoms with Crippen molar-refractivity contribution in [3.63, 3.8) is 0 Å². The lowest BCUT2D eigenvalue weighted by atomic mass is 9.92. The van der Waals surface area contributed by atoms with E-state index in [0.29, 0.717) is 5.56 Å². The van der Waals surface area contributed by atoms with Gasteiger partial charge in [-0.15, -0.1) is 0 Å². The molecule has 0 spiro atoms. The summed E-state index contributed by atoms with van der Waals surface area (Å²) < 4.78 is 5.04. The fourth-order valence-electron chi connectivity index (χ4n) is 3.04. The standard InChI is InChI=1S/C24H22O2/c1-3-19-16-22(20-12-8-5-9-13-20)17-21(23(19)24(25)26-2)15-14-18-10-6-4-7-11-18/h4-17H,3H2,1-2H3/b15-14+. The van der Waals surface area contributed by atoms with Gasteiger partial charge in [0.05, 0.1) is 12.7 Å². The van der Waals surface area contributed by atoms with Crippen LogP contribution in [-0.2, 0) is 11.2 Å². The second kappa shape index (κ2) is 8.30. The Morgan fingerprint density at radius 3 is 2.15 bits per heavy atom. The van der Waals surface area contributed by atoms with E-state index in [1.165, 1.54) is 7.11 Å². The van der Waals surface area contributed by atoms with Crippen LogP contribution in [0.4, 0.5) is 0 Å². The van der Waals surface area contributed by atoms with Crippen molar-refractivity contribution in [3.05, 3.63) is 95.1 Å². The number of benzene rings is 3. The van der Waals surface area contributed by atoms with Crippen LogP contribution in [0, 0.1) is 0 Å². The average Bonchev–Trinajstić information content (AvgIpc) is 2.72. The molecule has 0 bridgehead atoms. The molecule has 0 heterocycles. The zero-order chi connectivity index (χ0) is 18.4. The summed E-state index contributed by atoms with van der Waals surface area (Å²) in [6.45, 7) is 2.06. The van der Waals surface area contributed by atoms with Crippen LogP contribution in [0.25, 0.3) is 23.3 Å². The second-order valence-electron chi connectivity index (χ2n) is 6.05. The highest BCUT2D eigenvalue weighted by Crippen LogP contribution is 2.28. The normalized spacial score (nSPS) is 10.8. The van der Waals surface area contributed by atoms with Gasteiger partial charge in [0.15, 0.2) is 0 Å². The van der Waals surface area contributed by atoms with Gasteiger partial charge in [0, 0.05) is 0 Å². The van der Waals surface area contributed by atoms with E-state index < -0.39 is 0 Å². The Bertz CT molecular complexity index is 910. The van der Waals surface area contributed by atoms with Crippen LogP contribution in [0.15, 0.2) is 72.8 Å². The van der Waals surface area contributed by atoms with Gasteiger partial charge < -0.3 is 4.74 Å². The lowest BCUT2D eigenvalue weighted by molar-refractivity contribution is 0.0599. The first-order chi connectivity index (χ1) is 12.7. The van der Waals surface area contributed by atoms with Gasteiger partial charge in [-0.3, -0.25) is 0 Å². The Kier molecular flexibility index (Phi) is 5.65. The van der Waals surface area contributed by atoms with Gasteiger partial charge in [0.2, 0.25) is 0 Å². The van der Waals surface area contributed by atoms with Crippen molar-refractivity contribution in [2.24, 2.45) is 0 Å². The van der Waals surface area contributed by atoms with Crippen molar-refractivity contribution in [1.29, 1.82) is 0 Å². The van der Waals surface area contributed by atoms with Crippen LogP contribution < -0.4 is 0 Å². The van der Waals surface area contributed by atoms with Crippen molar-refractivity contribution >= 4 is 18.1 Å². The van der Waals surface area contributed by atoms with Crippen LogP contribution in [0.1, 0.15) is 34.0 Å². The number of ether oxygens (including phenoxy) is 1. The van der Waals surface area contributed by atoms with Crippen LogP contribution in [-0.4, -0.2) is 13.1 Å². The molecule has 0 aliphatic rings. The molecule has 26 heavy (non-hydrogen) atoms.